The van der Waals surface area contributed by atoms with Crippen molar-refractivity contribution in [2.45, 2.75) is 77.8 Å². The van der Waals surface area contributed by atoms with Gasteiger partial charge in [0.15, 0.2) is 18.9 Å². The maximum atomic E-state index is 11.6. The third-order valence-corrected chi connectivity index (χ3v) is 22.7. The van der Waals surface area contributed by atoms with Crippen LogP contribution in [-0.2, 0) is 18.6 Å². The fourth-order valence-electron chi connectivity index (χ4n) is 11.4. The van der Waals surface area contributed by atoms with Gasteiger partial charge >= 0.3 is 21.4 Å². The van der Waals surface area contributed by atoms with Crippen LogP contribution in [0.4, 0.5) is 11.4 Å². The number of carbonyl (C=O) groups is 5. The third kappa shape index (κ3) is 27.2. The first kappa shape index (κ1) is 94.9. The highest BCUT2D eigenvalue weighted by Crippen LogP contribution is 2.40. The van der Waals surface area contributed by atoms with Crippen LogP contribution in [0.2, 0.25) is 30.1 Å². The van der Waals surface area contributed by atoms with E-state index in [1.54, 1.807) is 91.0 Å². The topological polar surface area (TPSA) is 215 Å². The summed E-state index contributed by atoms with van der Waals surface area (Å²) in [5, 5.41) is 20.5. The van der Waals surface area contributed by atoms with Gasteiger partial charge in [-0.3, -0.25) is 24.0 Å². The number of carbonyl (C=O) groups excluding carboxylic acids is 5. The standard InChI is InChI=1S/2C19H21BO3.C19H12Cl2O.C13H9ClO.C7H4BrClO.C6H7BO2.C6H3BrCl2.C6H8N2/c2*1-18(2)19(3,4)23-20(22-18)17-11-10-15(12-16(17)13-21)14-8-6-5-7-9-14;20-16-7-9-18(19(21)11-16)17-8-6-14(10-15(17)12-22)13-4-2-1-3-5-13;14-13-7-6-11(8-12(13)9-15)10-4-2-1-3-5-10;8-6-1-2-7(9)5(3-6)4-10;8-7(9)6-4-2-1-3-5-6;7-5-2-1-4(8)3-6(5)9;7-5-3-1-2-4-6(5)8/h2*5-13H,1-4H3;1-12H;1-9H;1-4H;1-5,8-9H;1-3H;1-4H,7-8H2. The second-order valence-electron chi connectivity index (χ2n) is 28.7. The van der Waals surface area contributed by atoms with E-state index in [1.165, 1.54) is 0 Å². The van der Waals surface area contributed by atoms with Gasteiger partial charge in [0.1, 0.15) is 12.6 Å². The van der Waals surface area contributed by atoms with Crippen LogP contribution >= 0.6 is 101 Å². The summed E-state index contributed by atoms with van der Waals surface area (Å²) in [6.45, 7) is 16.0. The van der Waals surface area contributed by atoms with Gasteiger partial charge in [-0.1, -0.05) is 298 Å². The average molecular weight is 1840 g/mol. The number of halogens is 8. The predicted molar refractivity (Wildman–Crippen MR) is 501 cm³/mol. The summed E-state index contributed by atoms with van der Waals surface area (Å²) < 4.78 is 26.0. The summed E-state index contributed by atoms with van der Waals surface area (Å²) in [4.78, 5) is 55.7. The molecule has 13 aromatic carbocycles. The molecule has 24 heteroatoms. The molecule has 0 amide bonds. The number of hydrogen-bond acceptors (Lipinski definition) is 13. The Morgan fingerprint density at radius 3 is 0.941 bits per heavy atom. The summed E-state index contributed by atoms with van der Waals surface area (Å²) in [6.07, 6.45) is 4.09. The Bertz CT molecular complexity index is 5370. The van der Waals surface area contributed by atoms with Crippen molar-refractivity contribution < 1.29 is 52.6 Å². The van der Waals surface area contributed by atoms with Crippen LogP contribution in [0.25, 0.3) is 55.6 Å². The van der Waals surface area contributed by atoms with Crippen LogP contribution in [0.1, 0.15) is 107 Å². The summed E-state index contributed by atoms with van der Waals surface area (Å²) in [5.74, 6) is 0. The molecule has 13 nitrogen and oxygen atoms in total. The molecule has 2 aliphatic rings. The predicted octanol–water partition coefficient (Wildman–Crippen LogP) is 23.8. The van der Waals surface area contributed by atoms with Gasteiger partial charge in [0, 0.05) is 57.4 Å². The summed E-state index contributed by atoms with van der Waals surface area (Å²) >= 11 is 41.4. The smallest absolute Gasteiger partial charge is 0.423 e. The Morgan fingerprint density at radius 1 is 0.311 bits per heavy atom. The highest BCUT2D eigenvalue weighted by Gasteiger charge is 2.53. The van der Waals surface area contributed by atoms with Crippen LogP contribution < -0.4 is 27.9 Å². The van der Waals surface area contributed by atoms with Gasteiger partial charge in [-0.2, -0.15) is 0 Å². The van der Waals surface area contributed by atoms with Gasteiger partial charge in [0.25, 0.3) is 0 Å². The van der Waals surface area contributed by atoms with E-state index in [4.69, 9.17) is 110 Å². The zero-order valence-corrected chi connectivity index (χ0v) is 73.9. The average Bonchev–Trinajstić information content (AvgIpc) is 1.62. The number of hydrogen-bond donors (Lipinski definition) is 4. The molecule has 6 N–H and O–H groups in total. The minimum absolute atomic E-state index is 0.421. The first-order valence-corrected chi connectivity index (χ1v) is 41.0. The zero-order valence-electron chi connectivity index (χ0n) is 66.2. The molecule has 15 rings (SSSR count). The number of rotatable bonds is 13. The molecule has 2 heterocycles. The fourth-order valence-corrected chi connectivity index (χ4v) is 13.3. The number of aldehydes is 5. The summed E-state index contributed by atoms with van der Waals surface area (Å²) in [6, 6.07) is 94.3. The van der Waals surface area contributed by atoms with E-state index >= 15 is 0 Å². The van der Waals surface area contributed by atoms with Gasteiger partial charge < -0.3 is 40.1 Å². The lowest BCUT2D eigenvalue weighted by atomic mass is 9.75. The molecule has 2 aliphatic heterocycles. The minimum Gasteiger partial charge on any atom is -0.423 e. The normalized spacial score (nSPS) is 13.3. The molecule has 606 valence electrons. The molecule has 0 aliphatic carbocycles. The molecule has 0 radical (unpaired) electrons. The molecular weight excluding hydrogens is 1750 g/mol. The first-order valence-electron chi connectivity index (χ1n) is 37.1. The van der Waals surface area contributed by atoms with Crippen molar-refractivity contribution in [1.29, 1.82) is 0 Å². The number of para-hydroxylation sites is 2. The molecule has 0 atom stereocenters. The summed E-state index contributed by atoms with van der Waals surface area (Å²) in [5.41, 5.74) is 25.2. The number of nitrogen functional groups attached to an aromatic ring is 2. The second kappa shape index (κ2) is 45.2. The van der Waals surface area contributed by atoms with Crippen molar-refractivity contribution in [2.75, 3.05) is 11.5 Å². The number of anilines is 2. The second-order valence-corrected chi connectivity index (χ2v) is 33.0. The SMILES string of the molecule is CC1(C)OB(c2ccc(-c3ccccc3)cc2C=O)OC1(C)C.CC1(C)OB(c2ccc(-c3ccccc3)cc2C=O)OC1(C)C.Clc1ccc(Br)c(Cl)c1.Nc1ccccc1N.O=Cc1cc(-c2ccccc2)ccc1-c1ccc(Cl)cc1Cl.O=Cc1cc(-c2ccccc2)ccc1Cl.O=Cc1cc(Br)ccc1Cl.OB(O)c1ccccc1. The minimum atomic E-state index is -1.34. The van der Waals surface area contributed by atoms with Crippen LogP contribution in [0.3, 0.4) is 0 Å². The quantitative estimate of drug-likeness (QED) is 0.0366. The van der Waals surface area contributed by atoms with E-state index in [9.17, 15) is 24.0 Å². The lowest BCUT2D eigenvalue weighted by molar-refractivity contribution is 0.00578. The van der Waals surface area contributed by atoms with E-state index in [-0.39, 0.29) is 0 Å². The zero-order chi connectivity index (χ0) is 86.6. The number of benzene rings is 13. The lowest BCUT2D eigenvalue weighted by Crippen LogP contribution is -2.41. The van der Waals surface area contributed by atoms with Crippen molar-refractivity contribution in [3.63, 3.8) is 0 Å². The van der Waals surface area contributed by atoms with E-state index in [2.05, 4.69) is 31.9 Å². The Balaban J connectivity index is 0.000000175. The molecule has 0 bridgehead atoms. The van der Waals surface area contributed by atoms with E-state index in [0.717, 1.165) is 107 Å². The van der Waals surface area contributed by atoms with Crippen molar-refractivity contribution in [3.05, 3.63) is 370 Å². The molecule has 0 spiro atoms. The maximum Gasteiger partial charge on any atom is 0.495 e. The molecule has 119 heavy (non-hydrogen) atoms. The monoisotopic (exact) mass is 1830 g/mol. The Kier molecular flexibility index (Phi) is 36.1. The van der Waals surface area contributed by atoms with Crippen molar-refractivity contribution in [3.8, 4) is 55.6 Å². The molecule has 0 unspecified atom stereocenters. The molecule has 2 fully saturated rings. The van der Waals surface area contributed by atoms with E-state index in [0.29, 0.717) is 74.8 Å². The molecule has 0 aromatic heterocycles. The van der Waals surface area contributed by atoms with Crippen LogP contribution in [0, 0.1) is 0 Å². The van der Waals surface area contributed by atoms with Crippen molar-refractivity contribution >= 4 is 182 Å². The first-order chi connectivity index (χ1) is 56.7. The lowest BCUT2D eigenvalue weighted by Gasteiger charge is -2.32. The molecular formula is C95H85B3Br2Cl6N2O11. The largest absolute Gasteiger partial charge is 0.495 e. The van der Waals surface area contributed by atoms with Gasteiger partial charge in [-0.25, -0.2) is 0 Å². The highest BCUT2D eigenvalue weighted by atomic mass is 79.9. The third-order valence-electron chi connectivity index (χ3n) is 19.5. The Hall–Kier alpha value is -9.54. The van der Waals surface area contributed by atoms with Gasteiger partial charge in [0.2, 0.25) is 0 Å². The van der Waals surface area contributed by atoms with E-state index < -0.39 is 43.8 Å². The Labute approximate surface area is 743 Å². The van der Waals surface area contributed by atoms with Gasteiger partial charge in [0.05, 0.1) is 48.8 Å². The molecule has 0 saturated carbocycles. The van der Waals surface area contributed by atoms with Crippen LogP contribution in [0.15, 0.2) is 312 Å². The molecule has 2 saturated heterocycles. The van der Waals surface area contributed by atoms with Gasteiger partial charge in [-0.15, -0.1) is 0 Å². The number of nitrogens with two attached hydrogens (primary N) is 2. The fraction of sp³-hybridized carbons (Fsp3) is 0.126. The van der Waals surface area contributed by atoms with Gasteiger partial charge in [-0.05, 0) is 229 Å². The highest BCUT2D eigenvalue weighted by molar-refractivity contribution is 9.10. The van der Waals surface area contributed by atoms with Crippen LogP contribution in [0.5, 0.6) is 0 Å². The van der Waals surface area contributed by atoms with Crippen molar-refractivity contribution in [1.82, 2.24) is 0 Å². The Morgan fingerprint density at radius 2 is 0.613 bits per heavy atom. The van der Waals surface area contributed by atoms with Crippen molar-refractivity contribution in [2.24, 2.45) is 0 Å². The maximum absolute atomic E-state index is 11.6. The summed E-state index contributed by atoms with van der Waals surface area (Å²) in [7, 11) is -2.39. The van der Waals surface area contributed by atoms with E-state index in [1.807, 2.05) is 268 Å². The van der Waals surface area contributed by atoms with Crippen LogP contribution in [-0.4, -0.2) is 85.2 Å². The molecule has 13 aromatic rings.